The van der Waals surface area contributed by atoms with Crippen LogP contribution in [0.25, 0.3) is 0 Å². The lowest BCUT2D eigenvalue weighted by atomic mass is 10.2. The van der Waals surface area contributed by atoms with Crippen molar-refractivity contribution in [3.8, 4) is 11.5 Å². The number of rotatable bonds is 6. The molecule has 24 heavy (non-hydrogen) atoms. The lowest BCUT2D eigenvalue weighted by Crippen LogP contribution is -2.40. The van der Waals surface area contributed by atoms with E-state index in [1.54, 1.807) is 11.8 Å². The molecule has 1 unspecified atom stereocenters. The van der Waals surface area contributed by atoms with Gasteiger partial charge in [0.15, 0.2) is 11.5 Å². The number of carbonyl (C=O) groups excluding carboxylic acids is 1. The number of nitrogens with one attached hydrogen (secondary N) is 1. The molecule has 0 aromatic heterocycles. The summed E-state index contributed by atoms with van der Waals surface area (Å²) in [6.45, 7) is 0.885. The number of halogens is 1. The zero-order valence-corrected chi connectivity index (χ0v) is 14.6. The number of carbonyl (C=O) groups is 1. The van der Waals surface area contributed by atoms with Crippen molar-refractivity contribution in [2.45, 2.75) is 17.4 Å². The van der Waals surface area contributed by atoms with Crippen LogP contribution in [0.5, 0.6) is 11.5 Å². The molecule has 4 nitrogen and oxygen atoms in total. The zero-order chi connectivity index (χ0) is 16.8. The first-order chi connectivity index (χ1) is 11.7. The molecular formula is C18H18ClNO3S. The van der Waals surface area contributed by atoms with Gasteiger partial charge in [0.25, 0.3) is 0 Å². The maximum Gasteiger partial charge on any atom is 0.220 e. The van der Waals surface area contributed by atoms with E-state index in [0.717, 1.165) is 22.1 Å². The van der Waals surface area contributed by atoms with Gasteiger partial charge in [0.05, 0.1) is 6.54 Å². The predicted molar refractivity (Wildman–Crippen MR) is 96.2 cm³/mol. The standard InChI is InChI=1S/C18H18ClNO3S/c19-13-5-7-15(8-6-13)24-10-9-18(21)20-11-14-12-22-16-3-1-2-4-17(16)23-14/h1-8,14H,9-12H2,(H,20,21). The van der Waals surface area contributed by atoms with E-state index < -0.39 is 0 Å². The molecule has 0 saturated heterocycles. The molecule has 1 N–H and O–H groups in total. The Kier molecular flexibility index (Phi) is 5.88. The van der Waals surface area contributed by atoms with Gasteiger partial charge in [-0.05, 0) is 36.4 Å². The van der Waals surface area contributed by atoms with Crippen LogP contribution in [0.1, 0.15) is 6.42 Å². The summed E-state index contributed by atoms with van der Waals surface area (Å²) < 4.78 is 11.4. The van der Waals surface area contributed by atoms with Crippen LogP contribution >= 0.6 is 23.4 Å². The van der Waals surface area contributed by atoms with Crippen molar-refractivity contribution in [3.63, 3.8) is 0 Å². The van der Waals surface area contributed by atoms with E-state index in [4.69, 9.17) is 21.1 Å². The molecule has 0 aliphatic carbocycles. The summed E-state index contributed by atoms with van der Waals surface area (Å²) in [5, 5.41) is 3.62. The molecule has 0 saturated carbocycles. The van der Waals surface area contributed by atoms with Gasteiger partial charge >= 0.3 is 0 Å². The number of hydrogen-bond donors (Lipinski definition) is 1. The second-order valence-electron chi connectivity index (χ2n) is 5.35. The molecule has 6 heteroatoms. The minimum atomic E-state index is -0.159. The van der Waals surface area contributed by atoms with Crippen LogP contribution < -0.4 is 14.8 Å². The van der Waals surface area contributed by atoms with Crippen LogP contribution in [0.15, 0.2) is 53.4 Å². The Balaban J connectivity index is 1.36. The van der Waals surface area contributed by atoms with E-state index in [1.165, 1.54) is 0 Å². The molecule has 126 valence electrons. The van der Waals surface area contributed by atoms with E-state index in [1.807, 2.05) is 48.5 Å². The third-order valence-electron chi connectivity index (χ3n) is 3.51. The third-order valence-corrected chi connectivity index (χ3v) is 4.77. The van der Waals surface area contributed by atoms with Crippen LogP contribution in [-0.4, -0.2) is 30.9 Å². The maximum absolute atomic E-state index is 11.9. The van der Waals surface area contributed by atoms with E-state index in [0.29, 0.717) is 24.6 Å². The Bertz CT molecular complexity index is 693. The van der Waals surface area contributed by atoms with Crippen LogP contribution in [-0.2, 0) is 4.79 Å². The lowest BCUT2D eigenvalue weighted by Gasteiger charge is -2.26. The summed E-state index contributed by atoms with van der Waals surface area (Å²) in [6, 6.07) is 15.2. The van der Waals surface area contributed by atoms with Gasteiger partial charge in [0, 0.05) is 22.1 Å². The number of ether oxygens (including phenoxy) is 2. The van der Waals surface area contributed by atoms with E-state index >= 15 is 0 Å². The molecule has 2 aromatic carbocycles. The Hall–Kier alpha value is -1.85. The van der Waals surface area contributed by atoms with Crippen LogP contribution in [0.2, 0.25) is 5.02 Å². The number of para-hydroxylation sites is 2. The number of thioether (sulfide) groups is 1. The number of benzene rings is 2. The first kappa shape index (κ1) is 17.0. The monoisotopic (exact) mass is 363 g/mol. The number of amides is 1. The number of fused-ring (bicyclic) bond motifs is 1. The second-order valence-corrected chi connectivity index (χ2v) is 6.96. The van der Waals surface area contributed by atoms with Crippen molar-refractivity contribution in [2.75, 3.05) is 18.9 Å². The largest absolute Gasteiger partial charge is 0.486 e. The minimum Gasteiger partial charge on any atom is -0.486 e. The van der Waals surface area contributed by atoms with Crippen molar-refractivity contribution in [1.29, 1.82) is 0 Å². The van der Waals surface area contributed by atoms with Gasteiger partial charge in [-0.15, -0.1) is 11.8 Å². The van der Waals surface area contributed by atoms with Crippen LogP contribution in [0.4, 0.5) is 0 Å². The van der Waals surface area contributed by atoms with Crippen molar-refractivity contribution in [1.82, 2.24) is 5.32 Å². The SMILES string of the molecule is O=C(CCSc1ccc(Cl)cc1)NCC1COc2ccccc2O1. The Morgan fingerprint density at radius 2 is 1.92 bits per heavy atom. The molecule has 2 aromatic rings. The van der Waals surface area contributed by atoms with Gasteiger partial charge in [-0.1, -0.05) is 23.7 Å². The highest BCUT2D eigenvalue weighted by Gasteiger charge is 2.20. The molecule has 1 atom stereocenters. The minimum absolute atomic E-state index is 0.0129. The topological polar surface area (TPSA) is 47.6 Å². The van der Waals surface area contributed by atoms with Gasteiger partial charge in [-0.3, -0.25) is 4.79 Å². The Morgan fingerprint density at radius 3 is 2.71 bits per heavy atom. The fraction of sp³-hybridized carbons (Fsp3) is 0.278. The molecule has 1 aliphatic rings. The summed E-state index contributed by atoms with van der Waals surface area (Å²) in [4.78, 5) is 13.0. The highest BCUT2D eigenvalue weighted by Crippen LogP contribution is 2.30. The van der Waals surface area contributed by atoms with Crippen molar-refractivity contribution < 1.29 is 14.3 Å². The Labute approximate surface area is 150 Å². The van der Waals surface area contributed by atoms with Gasteiger partial charge < -0.3 is 14.8 Å². The second kappa shape index (κ2) is 8.31. The lowest BCUT2D eigenvalue weighted by molar-refractivity contribution is -0.121. The van der Waals surface area contributed by atoms with Gasteiger partial charge in [0.1, 0.15) is 12.7 Å². The van der Waals surface area contributed by atoms with Crippen molar-refractivity contribution in [3.05, 3.63) is 53.6 Å². The van der Waals surface area contributed by atoms with E-state index in [-0.39, 0.29) is 12.0 Å². The van der Waals surface area contributed by atoms with Crippen molar-refractivity contribution in [2.24, 2.45) is 0 Å². The zero-order valence-electron chi connectivity index (χ0n) is 13.0. The quantitative estimate of drug-likeness (QED) is 0.793. The summed E-state index contributed by atoms with van der Waals surface area (Å²) >= 11 is 7.48. The van der Waals surface area contributed by atoms with Crippen LogP contribution in [0.3, 0.4) is 0 Å². The smallest absolute Gasteiger partial charge is 0.220 e. The fourth-order valence-corrected chi connectivity index (χ4v) is 3.25. The first-order valence-electron chi connectivity index (χ1n) is 7.74. The van der Waals surface area contributed by atoms with E-state index in [2.05, 4.69) is 5.32 Å². The molecule has 1 heterocycles. The molecular weight excluding hydrogens is 346 g/mol. The molecule has 0 bridgehead atoms. The van der Waals surface area contributed by atoms with Gasteiger partial charge in [-0.25, -0.2) is 0 Å². The average molecular weight is 364 g/mol. The highest BCUT2D eigenvalue weighted by molar-refractivity contribution is 7.99. The van der Waals surface area contributed by atoms with Crippen molar-refractivity contribution >= 4 is 29.3 Å². The molecule has 0 radical (unpaired) electrons. The van der Waals surface area contributed by atoms with E-state index in [9.17, 15) is 4.79 Å². The fourth-order valence-electron chi connectivity index (χ4n) is 2.27. The average Bonchev–Trinajstić information content (AvgIpc) is 2.61. The Morgan fingerprint density at radius 1 is 1.17 bits per heavy atom. The molecule has 0 fully saturated rings. The highest BCUT2D eigenvalue weighted by atomic mass is 35.5. The predicted octanol–water partition coefficient (Wildman–Crippen LogP) is 3.78. The van der Waals surface area contributed by atoms with Gasteiger partial charge in [0.2, 0.25) is 5.91 Å². The summed E-state index contributed by atoms with van der Waals surface area (Å²) in [7, 11) is 0. The number of hydrogen-bond acceptors (Lipinski definition) is 4. The molecule has 1 aliphatic heterocycles. The molecule has 1 amide bonds. The molecule has 3 rings (SSSR count). The summed E-state index contributed by atoms with van der Waals surface area (Å²) in [5.74, 6) is 2.21. The van der Waals surface area contributed by atoms with Gasteiger partial charge in [-0.2, -0.15) is 0 Å². The summed E-state index contributed by atoms with van der Waals surface area (Å²) in [6.07, 6.45) is 0.296. The maximum atomic E-state index is 11.9. The first-order valence-corrected chi connectivity index (χ1v) is 9.10. The third kappa shape index (κ3) is 4.82. The normalized spacial score (nSPS) is 15.8. The molecule has 0 spiro atoms. The van der Waals surface area contributed by atoms with Crippen LogP contribution in [0, 0.1) is 0 Å². The summed E-state index contributed by atoms with van der Waals surface area (Å²) in [5.41, 5.74) is 0.